The summed E-state index contributed by atoms with van der Waals surface area (Å²) >= 11 is 0. The maximum absolute atomic E-state index is 12.0. The van der Waals surface area contributed by atoms with Gasteiger partial charge >= 0.3 is 0 Å². The highest BCUT2D eigenvalue weighted by Crippen LogP contribution is 2.16. The maximum atomic E-state index is 12.0. The van der Waals surface area contributed by atoms with E-state index in [1.807, 2.05) is 24.3 Å². The molecule has 0 radical (unpaired) electrons. The molecule has 1 aromatic carbocycles. The van der Waals surface area contributed by atoms with Gasteiger partial charge in [0.05, 0.1) is 19.4 Å². The van der Waals surface area contributed by atoms with E-state index in [1.165, 1.54) is 0 Å². The highest BCUT2D eigenvalue weighted by atomic mass is 16.5. The quantitative estimate of drug-likeness (QED) is 0.637. The number of benzene rings is 1. The Morgan fingerprint density at radius 2 is 1.88 bits per heavy atom. The number of hydrogen-bond acceptors (Lipinski definition) is 5. The number of amides is 2. The summed E-state index contributed by atoms with van der Waals surface area (Å²) in [5.41, 5.74) is 4.58. The minimum absolute atomic E-state index is 0.0559. The molecule has 3 rings (SSSR count). The fourth-order valence-electron chi connectivity index (χ4n) is 3.19. The molecule has 140 valence electrons. The Bertz CT molecular complexity index is 639. The van der Waals surface area contributed by atoms with Crippen LogP contribution in [0.2, 0.25) is 0 Å². The van der Waals surface area contributed by atoms with Gasteiger partial charge in [-0.3, -0.25) is 9.59 Å². The summed E-state index contributed by atoms with van der Waals surface area (Å²) in [6.07, 6.45) is 5.06. The second kappa shape index (κ2) is 9.33. The Labute approximate surface area is 154 Å². The molecule has 0 atom stereocenters. The van der Waals surface area contributed by atoms with E-state index in [2.05, 4.69) is 15.4 Å². The molecule has 0 bridgehead atoms. The van der Waals surface area contributed by atoms with Crippen LogP contribution in [0.4, 0.5) is 5.69 Å². The van der Waals surface area contributed by atoms with E-state index in [1.54, 1.807) is 11.1 Å². The molecule has 0 aliphatic carbocycles. The molecule has 0 aromatic heterocycles. The van der Waals surface area contributed by atoms with E-state index in [9.17, 15) is 9.59 Å². The first-order valence-corrected chi connectivity index (χ1v) is 9.25. The van der Waals surface area contributed by atoms with Crippen molar-refractivity contribution >= 4 is 23.7 Å². The van der Waals surface area contributed by atoms with Crippen LogP contribution >= 0.6 is 0 Å². The molecule has 2 aliphatic heterocycles. The molecule has 0 unspecified atom stereocenters. The van der Waals surface area contributed by atoms with Gasteiger partial charge < -0.3 is 14.5 Å². The Morgan fingerprint density at radius 1 is 1.12 bits per heavy atom. The first-order chi connectivity index (χ1) is 12.7. The lowest BCUT2D eigenvalue weighted by Crippen LogP contribution is -2.39. The molecule has 0 spiro atoms. The first-order valence-electron chi connectivity index (χ1n) is 9.25. The molecule has 2 fully saturated rings. The van der Waals surface area contributed by atoms with Crippen LogP contribution < -0.4 is 10.3 Å². The summed E-state index contributed by atoms with van der Waals surface area (Å²) in [5.74, 6) is -0.207. The summed E-state index contributed by atoms with van der Waals surface area (Å²) in [7, 11) is 0. The summed E-state index contributed by atoms with van der Waals surface area (Å²) in [6, 6.07) is 8.03. The summed E-state index contributed by atoms with van der Waals surface area (Å²) in [6.45, 7) is 4.05. The molecule has 0 saturated carbocycles. The van der Waals surface area contributed by atoms with Crippen LogP contribution in [0.1, 0.15) is 31.2 Å². The van der Waals surface area contributed by atoms with Crippen LogP contribution in [0.5, 0.6) is 0 Å². The Morgan fingerprint density at radius 3 is 2.65 bits per heavy atom. The van der Waals surface area contributed by atoms with Gasteiger partial charge in [0, 0.05) is 31.7 Å². The van der Waals surface area contributed by atoms with Gasteiger partial charge in [0.2, 0.25) is 5.91 Å². The van der Waals surface area contributed by atoms with Crippen molar-refractivity contribution < 1.29 is 14.3 Å². The number of carbonyl (C=O) groups is 2. The van der Waals surface area contributed by atoms with Crippen molar-refractivity contribution in [2.75, 3.05) is 44.3 Å². The molecule has 26 heavy (non-hydrogen) atoms. The number of carbonyl (C=O) groups excluding carboxylic acids is 2. The smallest absolute Gasteiger partial charge is 0.259 e. The predicted octanol–water partition coefficient (Wildman–Crippen LogP) is 1.38. The monoisotopic (exact) mass is 358 g/mol. The predicted molar refractivity (Wildman–Crippen MR) is 100 cm³/mol. The summed E-state index contributed by atoms with van der Waals surface area (Å²) in [4.78, 5) is 27.8. The van der Waals surface area contributed by atoms with Crippen LogP contribution in [0, 0.1) is 0 Å². The number of hydrogen-bond donors (Lipinski definition) is 1. The van der Waals surface area contributed by atoms with Crippen molar-refractivity contribution in [1.82, 2.24) is 10.3 Å². The van der Waals surface area contributed by atoms with Gasteiger partial charge in [-0.05, 0) is 30.5 Å². The minimum atomic E-state index is -0.263. The normalized spacial score (nSPS) is 18.8. The molecule has 2 heterocycles. The lowest BCUT2D eigenvalue weighted by atomic mass is 10.2. The van der Waals surface area contributed by atoms with Gasteiger partial charge in [0.1, 0.15) is 6.54 Å². The average molecular weight is 358 g/mol. The Kier molecular flexibility index (Phi) is 6.60. The number of morpholine rings is 1. The standard InChI is InChI=1S/C19H26N4O3/c24-18(15-23-9-3-1-2-4-19(23)25)21-20-14-16-5-7-17(8-6-16)22-10-12-26-13-11-22/h5-8,14H,1-4,9-13,15H2,(H,21,24)/b20-14-. The molecule has 1 N–H and O–H groups in total. The SMILES string of the molecule is O=C(CN1CCCCCC1=O)N/N=C\c1ccc(N2CCOCC2)cc1. The number of rotatable bonds is 5. The van der Waals surface area contributed by atoms with Crippen LogP contribution in [-0.2, 0) is 14.3 Å². The molecule has 7 heteroatoms. The number of anilines is 1. The van der Waals surface area contributed by atoms with E-state index in [4.69, 9.17) is 4.74 Å². The molecular formula is C19H26N4O3. The van der Waals surface area contributed by atoms with Crippen LogP contribution in [-0.4, -0.2) is 62.3 Å². The van der Waals surface area contributed by atoms with Crippen LogP contribution in [0.3, 0.4) is 0 Å². The van der Waals surface area contributed by atoms with Crippen LogP contribution in [0.15, 0.2) is 29.4 Å². The van der Waals surface area contributed by atoms with Crippen LogP contribution in [0.25, 0.3) is 0 Å². The van der Waals surface area contributed by atoms with Gasteiger partial charge in [-0.15, -0.1) is 0 Å². The minimum Gasteiger partial charge on any atom is -0.378 e. The second-order valence-corrected chi connectivity index (χ2v) is 6.61. The lowest BCUT2D eigenvalue weighted by molar-refractivity contribution is -0.135. The van der Waals surface area contributed by atoms with E-state index in [0.29, 0.717) is 13.0 Å². The van der Waals surface area contributed by atoms with Crippen molar-refractivity contribution in [1.29, 1.82) is 0 Å². The van der Waals surface area contributed by atoms with E-state index in [-0.39, 0.29) is 18.4 Å². The van der Waals surface area contributed by atoms with Gasteiger partial charge in [-0.25, -0.2) is 5.43 Å². The average Bonchev–Trinajstić information content (AvgIpc) is 2.87. The molecule has 2 saturated heterocycles. The molecule has 2 amide bonds. The van der Waals surface area contributed by atoms with Gasteiger partial charge in [0.15, 0.2) is 0 Å². The van der Waals surface area contributed by atoms with Crippen molar-refractivity contribution in [3.63, 3.8) is 0 Å². The summed E-state index contributed by atoms with van der Waals surface area (Å²) in [5, 5.41) is 4.00. The molecule has 7 nitrogen and oxygen atoms in total. The topological polar surface area (TPSA) is 74.2 Å². The molecular weight excluding hydrogens is 332 g/mol. The zero-order chi connectivity index (χ0) is 18.2. The summed E-state index contributed by atoms with van der Waals surface area (Å²) < 4.78 is 5.36. The number of hydrazone groups is 1. The number of nitrogens with one attached hydrogen (secondary N) is 1. The van der Waals surface area contributed by atoms with E-state index < -0.39 is 0 Å². The maximum Gasteiger partial charge on any atom is 0.259 e. The van der Waals surface area contributed by atoms with E-state index >= 15 is 0 Å². The fourth-order valence-corrected chi connectivity index (χ4v) is 3.19. The van der Waals surface area contributed by atoms with Gasteiger partial charge in [-0.2, -0.15) is 5.10 Å². The third-order valence-electron chi connectivity index (χ3n) is 4.68. The number of ether oxygens (including phenoxy) is 1. The Hall–Kier alpha value is -2.41. The van der Waals surface area contributed by atoms with Crippen molar-refractivity contribution in [2.45, 2.75) is 25.7 Å². The second-order valence-electron chi connectivity index (χ2n) is 6.61. The molecule has 2 aliphatic rings. The first kappa shape index (κ1) is 18.4. The largest absolute Gasteiger partial charge is 0.378 e. The van der Waals surface area contributed by atoms with Gasteiger partial charge in [0.25, 0.3) is 5.91 Å². The van der Waals surface area contributed by atoms with Gasteiger partial charge in [-0.1, -0.05) is 18.6 Å². The molecule has 1 aromatic rings. The van der Waals surface area contributed by atoms with Crippen molar-refractivity contribution in [3.05, 3.63) is 29.8 Å². The highest BCUT2D eigenvalue weighted by molar-refractivity contribution is 5.86. The fraction of sp³-hybridized carbons (Fsp3) is 0.526. The lowest BCUT2D eigenvalue weighted by Gasteiger charge is -2.28. The van der Waals surface area contributed by atoms with E-state index in [0.717, 1.165) is 56.8 Å². The zero-order valence-electron chi connectivity index (χ0n) is 15.0. The number of likely N-dealkylation sites (tertiary alicyclic amines) is 1. The highest BCUT2D eigenvalue weighted by Gasteiger charge is 2.18. The zero-order valence-corrected chi connectivity index (χ0v) is 15.0. The van der Waals surface area contributed by atoms with Crippen molar-refractivity contribution in [2.24, 2.45) is 5.10 Å². The third kappa shape index (κ3) is 5.29. The van der Waals surface area contributed by atoms with Crippen molar-refractivity contribution in [3.8, 4) is 0 Å². The number of nitrogens with zero attached hydrogens (tertiary/aromatic N) is 3. The Balaban J connectivity index is 1.46. The third-order valence-corrected chi connectivity index (χ3v) is 4.68.